The minimum atomic E-state index is -0.402. The lowest BCUT2D eigenvalue weighted by Gasteiger charge is -2.35. The number of fused-ring (bicyclic) bond motifs is 2. The average molecular weight is 232 g/mol. The van der Waals surface area contributed by atoms with Crippen LogP contribution in [-0.2, 0) is 14.9 Å². The number of anilines is 2. The zero-order valence-electron chi connectivity index (χ0n) is 9.82. The van der Waals surface area contributed by atoms with Crippen LogP contribution in [0, 0.1) is 0 Å². The van der Waals surface area contributed by atoms with Crippen LogP contribution in [0.15, 0.2) is 18.2 Å². The fourth-order valence-corrected chi connectivity index (χ4v) is 2.98. The molecule has 3 N–H and O–H groups in total. The first kappa shape index (κ1) is 10.6. The zero-order valence-corrected chi connectivity index (χ0v) is 9.82. The Kier molecular flexibility index (Phi) is 2.16. The maximum absolute atomic E-state index is 12.3. The number of nitrogen functional groups attached to an aromatic ring is 1. The van der Waals surface area contributed by atoms with Gasteiger partial charge in [-0.3, -0.25) is 4.79 Å². The van der Waals surface area contributed by atoms with Crippen LogP contribution in [0.5, 0.6) is 0 Å². The van der Waals surface area contributed by atoms with Crippen LogP contribution < -0.4 is 11.1 Å². The van der Waals surface area contributed by atoms with E-state index in [9.17, 15) is 4.79 Å². The summed E-state index contributed by atoms with van der Waals surface area (Å²) in [4.78, 5) is 12.3. The fourth-order valence-electron chi connectivity index (χ4n) is 2.98. The van der Waals surface area contributed by atoms with E-state index < -0.39 is 5.41 Å². The van der Waals surface area contributed by atoms with Gasteiger partial charge >= 0.3 is 0 Å². The van der Waals surface area contributed by atoms with Crippen molar-refractivity contribution in [3.63, 3.8) is 0 Å². The Morgan fingerprint density at radius 1 is 1.53 bits per heavy atom. The van der Waals surface area contributed by atoms with Gasteiger partial charge in [0, 0.05) is 18.0 Å². The molecule has 1 aromatic rings. The summed E-state index contributed by atoms with van der Waals surface area (Å²) in [5, 5.41) is 2.94. The predicted octanol–water partition coefficient (Wildman–Crippen LogP) is 1.66. The van der Waals surface area contributed by atoms with E-state index in [0.29, 0.717) is 12.3 Å². The number of nitrogens with two attached hydrogens (primary N) is 1. The fraction of sp³-hybridized carbons (Fsp3) is 0.462. The lowest BCUT2D eigenvalue weighted by atomic mass is 9.73. The minimum Gasteiger partial charge on any atom is -0.399 e. The first-order valence-electron chi connectivity index (χ1n) is 5.95. The van der Waals surface area contributed by atoms with E-state index in [1.807, 2.05) is 25.1 Å². The zero-order chi connectivity index (χ0) is 12.0. The minimum absolute atomic E-state index is 0.0910. The van der Waals surface area contributed by atoms with Gasteiger partial charge in [0.15, 0.2) is 0 Å². The lowest BCUT2D eigenvalue weighted by Crippen LogP contribution is -2.42. The molecule has 2 aliphatic heterocycles. The summed E-state index contributed by atoms with van der Waals surface area (Å²) in [6.45, 7) is 2.65. The van der Waals surface area contributed by atoms with Gasteiger partial charge in [-0.15, -0.1) is 0 Å². The highest BCUT2D eigenvalue weighted by Crippen LogP contribution is 2.46. The molecule has 1 amide bonds. The van der Waals surface area contributed by atoms with E-state index in [2.05, 4.69) is 5.32 Å². The molecular formula is C13H16N2O2. The lowest BCUT2D eigenvalue weighted by molar-refractivity contribution is -0.126. The van der Waals surface area contributed by atoms with Gasteiger partial charge in [0.2, 0.25) is 5.91 Å². The molecule has 2 aliphatic rings. The van der Waals surface area contributed by atoms with E-state index in [0.717, 1.165) is 24.1 Å². The van der Waals surface area contributed by atoms with Crippen molar-refractivity contribution in [1.82, 2.24) is 0 Å². The number of amides is 1. The van der Waals surface area contributed by atoms with Gasteiger partial charge in [0.1, 0.15) is 0 Å². The van der Waals surface area contributed by atoms with Crippen LogP contribution in [0.3, 0.4) is 0 Å². The van der Waals surface area contributed by atoms with Crippen molar-refractivity contribution < 1.29 is 9.53 Å². The molecule has 2 atom stereocenters. The van der Waals surface area contributed by atoms with Crippen LogP contribution in [0.25, 0.3) is 0 Å². The highest BCUT2D eigenvalue weighted by atomic mass is 16.5. The molecule has 4 nitrogen and oxygen atoms in total. The molecule has 1 fully saturated rings. The number of hydrogen-bond donors (Lipinski definition) is 2. The molecule has 0 aliphatic carbocycles. The van der Waals surface area contributed by atoms with Crippen LogP contribution in [0.4, 0.5) is 11.4 Å². The molecule has 1 saturated heterocycles. The molecule has 0 radical (unpaired) electrons. The van der Waals surface area contributed by atoms with Crippen molar-refractivity contribution in [2.75, 3.05) is 17.7 Å². The van der Waals surface area contributed by atoms with Crippen LogP contribution in [-0.4, -0.2) is 18.6 Å². The number of benzene rings is 1. The average Bonchev–Trinajstić information content (AvgIpc) is 2.51. The topological polar surface area (TPSA) is 64.3 Å². The third-order valence-corrected chi connectivity index (χ3v) is 3.81. The molecule has 0 aromatic heterocycles. The molecule has 17 heavy (non-hydrogen) atoms. The normalized spacial score (nSPS) is 31.4. The van der Waals surface area contributed by atoms with Crippen molar-refractivity contribution in [1.29, 1.82) is 0 Å². The molecule has 0 bridgehead atoms. The number of carbonyl (C=O) groups is 1. The number of carbonyl (C=O) groups excluding carboxylic acids is 1. The quantitative estimate of drug-likeness (QED) is 0.668. The molecule has 1 spiro atoms. The van der Waals surface area contributed by atoms with E-state index >= 15 is 0 Å². The van der Waals surface area contributed by atoms with E-state index in [1.165, 1.54) is 0 Å². The van der Waals surface area contributed by atoms with E-state index in [1.54, 1.807) is 0 Å². The first-order chi connectivity index (χ1) is 8.12. The number of hydrogen-bond acceptors (Lipinski definition) is 3. The number of ether oxygens (including phenoxy) is 1. The molecule has 2 heterocycles. The summed E-state index contributed by atoms with van der Waals surface area (Å²) in [6, 6.07) is 5.67. The highest BCUT2D eigenvalue weighted by Gasteiger charge is 2.49. The molecule has 0 saturated carbocycles. The van der Waals surface area contributed by atoms with Crippen LogP contribution in [0.1, 0.15) is 25.3 Å². The van der Waals surface area contributed by atoms with Crippen LogP contribution in [0.2, 0.25) is 0 Å². The first-order valence-corrected chi connectivity index (χ1v) is 5.95. The van der Waals surface area contributed by atoms with Gasteiger partial charge in [-0.1, -0.05) is 6.07 Å². The smallest absolute Gasteiger partial charge is 0.235 e. The Labute approximate surface area is 100 Å². The molecule has 0 unspecified atom stereocenters. The second-order valence-electron chi connectivity index (χ2n) is 4.98. The Balaban J connectivity index is 2.09. The Morgan fingerprint density at radius 2 is 2.35 bits per heavy atom. The Hall–Kier alpha value is -1.55. The van der Waals surface area contributed by atoms with Gasteiger partial charge in [0.05, 0.1) is 11.5 Å². The van der Waals surface area contributed by atoms with E-state index in [4.69, 9.17) is 10.5 Å². The summed E-state index contributed by atoms with van der Waals surface area (Å²) in [7, 11) is 0. The Bertz CT molecular complexity index is 486. The largest absolute Gasteiger partial charge is 0.399 e. The van der Waals surface area contributed by atoms with Gasteiger partial charge in [-0.05, 0) is 37.5 Å². The molecular weight excluding hydrogens is 216 g/mol. The van der Waals surface area contributed by atoms with E-state index in [-0.39, 0.29) is 12.0 Å². The second kappa shape index (κ2) is 3.47. The van der Waals surface area contributed by atoms with Crippen molar-refractivity contribution in [3.8, 4) is 0 Å². The maximum atomic E-state index is 12.3. The summed E-state index contributed by atoms with van der Waals surface area (Å²) in [6.07, 6.45) is 1.62. The molecule has 90 valence electrons. The Morgan fingerprint density at radius 3 is 3.12 bits per heavy atom. The third-order valence-electron chi connectivity index (χ3n) is 3.81. The molecule has 3 rings (SSSR count). The summed E-state index contributed by atoms with van der Waals surface area (Å²) in [5.74, 6) is 0.0910. The summed E-state index contributed by atoms with van der Waals surface area (Å²) in [5.41, 5.74) is 7.97. The predicted molar refractivity (Wildman–Crippen MR) is 65.8 cm³/mol. The molecule has 1 aromatic carbocycles. The SMILES string of the molecule is C[C@H]1C[C@]2(CCO1)C(=O)Nc1cc(N)ccc12. The number of nitrogens with one attached hydrogen (secondary N) is 1. The van der Waals surface area contributed by atoms with Gasteiger partial charge in [-0.25, -0.2) is 0 Å². The van der Waals surface area contributed by atoms with Gasteiger partial charge in [0.25, 0.3) is 0 Å². The summed E-state index contributed by atoms with van der Waals surface area (Å²) >= 11 is 0. The third kappa shape index (κ3) is 1.44. The van der Waals surface area contributed by atoms with Crippen LogP contribution >= 0.6 is 0 Å². The monoisotopic (exact) mass is 232 g/mol. The van der Waals surface area contributed by atoms with Crippen molar-refractivity contribution in [2.45, 2.75) is 31.3 Å². The van der Waals surface area contributed by atoms with Gasteiger partial charge in [-0.2, -0.15) is 0 Å². The molecule has 4 heteroatoms. The van der Waals surface area contributed by atoms with Crippen molar-refractivity contribution in [3.05, 3.63) is 23.8 Å². The van der Waals surface area contributed by atoms with Gasteiger partial charge < -0.3 is 15.8 Å². The second-order valence-corrected chi connectivity index (χ2v) is 4.98. The highest BCUT2D eigenvalue weighted by molar-refractivity contribution is 6.06. The standard InChI is InChI=1S/C13H16N2O2/c1-8-7-13(4-5-17-8)10-3-2-9(14)6-11(10)15-12(13)16/h2-3,6,8H,4-5,7,14H2,1H3,(H,15,16)/t8-,13-/m0/s1. The number of rotatable bonds is 0. The van der Waals surface area contributed by atoms with Crippen molar-refractivity contribution in [2.24, 2.45) is 0 Å². The maximum Gasteiger partial charge on any atom is 0.235 e. The van der Waals surface area contributed by atoms with Crippen molar-refractivity contribution >= 4 is 17.3 Å². The summed E-state index contributed by atoms with van der Waals surface area (Å²) < 4.78 is 5.55.